The number of carbonyl (C=O) groups excluding carboxylic acids is 2. The first-order valence-electron chi connectivity index (χ1n) is 10.2. The maximum Gasteiger partial charge on any atom is 0.255 e. The average Bonchev–Trinajstić information content (AvgIpc) is 3.12. The Kier molecular flexibility index (Phi) is 5.34. The van der Waals surface area contributed by atoms with Gasteiger partial charge in [0.15, 0.2) is 0 Å². The zero-order valence-electron chi connectivity index (χ0n) is 16.9. The third-order valence-electron chi connectivity index (χ3n) is 5.67. The van der Waals surface area contributed by atoms with Crippen molar-refractivity contribution in [3.05, 3.63) is 59.4 Å². The minimum Gasteiger partial charge on any atom is -0.342 e. The van der Waals surface area contributed by atoms with E-state index in [0.717, 1.165) is 29.7 Å². The van der Waals surface area contributed by atoms with Crippen molar-refractivity contribution < 1.29 is 9.59 Å². The summed E-state index contributed by atoms with van der Waals surface area (Å²) in [4.78, 5) is 34.9. The molecule has 6 heteroatoms. The van der Waals surface area contributed by atoms with Gasteiger partial charge in [-0.1, -0.05) is 25.3 Å². The van der Waals surface area contributed by atoms with Crippen LogP contribution in [0.1, 0.15) is 58.6 Å². The number of nitrogens with zero attached hydrogens (tertiary/aromatic N) is 2. The summed E-state index contributed by atoms with van der Waals surface area (Å²) < 4.78 is 0. The number of imidazole rings is 1. The highest BCUT2D eigenvalue weighted by Gasteiger charge is 2.23. The topological polar surface area (TPSA) is 78.1 Å². The second-order valence-corrected chi connectivity index (χ2v) is 7.80. The van der Waals surface area contributed by atoms with Gasteiger partial charge in [-0.25, -0.2) is 4.98 Å². The minimum absolute atomic E-state index is 0.00218. The van der Waals surface area contributed by atoms with Gasteiger partial charge in [-0.2, -0.15) is 0 Å². The van der Waals surface area contributed by atoms with Crippen LogP contribution >= 0.6 is 0 Å². The molecule has 0 atom stereocenters. The van der Waals surface area contributed by atoms with Crippen LogP contribution < -0.4 is 5.32 Å². The van der Waals surface area contributed by atoms with E-state index in [1.807, 2.05) is 24.9 Å². The number of amides is 2. The fourth-order valence-electron chi connectivity index (χ4n) is 4.05. The molecule has 1 heterocycles. The molecule has 29 heavy (non-hydrogen) atoms. The van der Waals surface area contributed by atoms with E-state index in [2.05, 4.69) is 15.3 Å². The number of fused-ring (bicyclic) bond motifs is 1. The smallest absolute Gasteiger partial charge is 0.255 e. The molecule has 2 N–H and O–H groups in total. The van der Waals surface area contributed by atoms with Gasteiger partial charge in [0.2, 0.25) is 0 Å². The number of benzene rings is 2. The molecule has 1 aliphatic rings. The molecular weight excluding hydrogens is 364 g/mol. The van der Waals surface area contributed by atoms with Crippen LogP contribution in [0.5, 0.6) is 0 Å². The van der Waals surface area contributed by atoms with Gasteiger partial charge in [-0.05, 0) is 56.2 Å². The van der Waals surface area contributed by atoms with Gasteiger partial charge >= 0.3 is 0 Å². The van der Waals surface area contributed by atoms with Crippen LogP contribution in [0.2, 0.25) is 0 Å². The van der Waals surface area contributed by atoms with Crippen LogP contribution in [0.4, 0.5) is 5.69 Å². The summed E-state index contributed by atoms with van der Waals surface area (Å²) in [7, 11) is 1.88. The van der Waals surface area contributed by atoms with Crippen molar-refractivity contribution in [2.24, 2.45) is 0 Å². The number of aromatic nitrogens is 2. The minimum atomic E-state index is -0.218. The van der Waals surface area contributed by atoms with Crippen molar-refractivity contribution in [3.63, 3.8) is 0 Å². The summed E-state index contributed by atoms with van der Waals surface area (Å²) in [5.41, 5.74) is 3.40. The molecule has 1 aromatic heterocycles. The number of aryl methyl sites for hydroxylation is 1. The summed E-state index contributed by atoms with van der Waals surface area (Å²) >= 11 is 0. The predicted molar refractivity (Wildman–Crippen MR) is 114 cm³/mol. The molecule has 1 saturated carbocycles. The molecule has 0 radical (unpaired) electrons. The number of hydrogen-bond donors (Lipinski definition) is 2. The monoisotopic (exact) mass is 390 g/mol. The zero-order chi connectivity index (χ0) is 20.4. The molecule has 2 aromatic carbocycles. The number of H-pyrrole nitrogens is 1. The van der Waals surface area contributed by atoms with Crippen LogP contribution in [-0.4, -0.2) is 39.8 Å². The summed E-state index contributed by atoms with van der Waals surface area (Å²) in [5, 5.41) is 2.90. The van der Waals surface area contributed by atoms with E-state index in [-0.39, 0.29) is 11.8 Å². The van der Waals surface area contributed by atoms with Crippen molar-refractivity contribution in [1.29, 1.82) is 0 Å². The first kappa shape index (κ1) is 19.2. The average molecular weight is 390 g/mol. The molecule has 0 unspecified atom stereocenters. The Labute approximate surface area is 170 Å². The third kappa shape index (κ3) is 4.16. The van der Waals surface area contributed by atoms with Crippen LogP contribution in [0.25, 0.3) is 11.0 Å². The lowest BCUT2D eigenvalue weighted by atomic mass is 9.94. The fourth-order valence-corrected chi connectivity index (χ4v) is 4.05. The summed E-state index contributed by atoms with van der Waals surface area (Å²) in [6.07, 6.45) is 5.74. The van der Waals surface area contributed by atoms with E-state index in [0.29, 0.717) is 22.9 Å². The van der Waals surface area contributed by atoms with E-state index in [1.54, 1.807) is 36.4 Å². The Hall–Kier alpha value is -3.15. The summed E-state index contributed by atoms with van der Waals surface area (Å²) in [6.45, 7) is 1.88. The van der Waals surface area contributed by atoms with E-state index in [4.69, 9.17) is 0 Å². The van der Waals surface area contributed by atoms with Gasteiger partial charge in [0, 0.05) is 29.9 Å². The molecule has 150 valence electrons. The quantitative estimate of drug-likeness (QED) is 0.687. The van der Waals surface area contributed by atoms with Gasteiger partial charge in [-0.3, -0.25) is 9.59 Å². The molecule has 0 bridgehead atoms. The highest BCUT2D eigenvalue weighted by atomic mass is 16.2. The van der Waals surface area contributed by atoms with E-state index in [1.165, 1.54) is 19.3 Å². The second kappa shape index (κ2) is 8.07. The molecule has 1 fully saturated rings. The maximum absolute atomic E-state index is 12.9. The first-order chi connectivity index (χ1) is 14.0. The Morgan fingerprint density at radius 1 is 1.07 bits per heavy atom. The van der Waals surface area contributed by atoms with Crippen molar-refractivity contribution >= 4 is 28.5 Å². The van der Waals surface area contributed by atoms with Crippen LogP contribution in [-0.2, 0) is 0 Å². The molecule has 0 aliphatic heterocycles. The Bertz CT molecular complexity index is 1050. The lowest BCUT2D eigenvalue weighted by molar-refractivity contribution is 0.0696. The van der Waals surface area contributed by atoms with Gasteiger partial charge in [0.25, 0.3) is 11.8 Å². The highest BCUT2D eigenvalue weighted by molar-refractivity contribution is 6.06. The number of carbonyl (C=O) groups is 2. The predicted octanol–water partition coefficient (Wildman–Crippen LogP) is 4.53. The van der Waals surface area contributed by atoms with Gasteiger partial charge in [0.1, 0.15) is 5.82 Å². The Balaban J connectivity index is 1.48. The number of anilines is 1. The standard InChI is InChI=1S/C23H26N4O2/c1-15-24-20-12-11-16(14-21(20)25-15)22(28)26-18-8-6-7-17(13-18)23(29)27(2)19-9-4-3-5-10-19/h6-8,11-14,19H,3-5,9-10H2,1-2H3,(H,24,25)(H,26,28). The summed E-state index contributed by atoms with van der Waals surface area (Å²) in [6, 6.07) is 12.8. The molecule has 2 amide bonds. The first-order valence-corrected chi connectivity index (χ1v) is 10.2. The van der Waals surface area contributed by atoms with Crippen molar-refractivity contribution in [3.8, 4) is 0 Å². The van der Waals surface area contributed by atoms with E-state index in [9.17, 15) is 9.59 Å². The molecule has 6 nitrogen and oxygen atoms in total. The maximum atomic E-state index is 12.9. The van der Waals surface area contributed by atoms with Crippen molar-refractivity contribution in [1.82, 2.24) is 14.9 Å². The largest absolute Gasteiger partial charge is 0.342 e. The molecule has 0 spiro atoms. The lowest BCUT2D eigenvalue weighted by Crippen LogP contribution is -2.38. The number of rotatable bonds is 4. The zero-order valence-corrected chi connectivity index (χ0v) is 16.9. The normalized spacial score (nSPS) is 14.7. The highest BCUT2D eigenvalue weighted by Crippen LogP contribution is 2.24. The van der Waals surface area contributed by atoms with Crippen LogP contribution in [0, 0.1) is 6.92 Å². The SMILES string of the molecule is Cc1nc2ccc(C(=O)Nc3cccc(C(=O)N(C)C4CCCCC4)c3)cc2[nH]1. The van der Waals surface area contributed by atoms with Crippen molar-refractivity contribution in [2.45, 2.75) is 45.1 Å². The number of aromatic amines is 1. The Morgan fingerprint density at radius 2 is 1.86 bits per heavy atom. The second-order valence-electron chi connectivity index (χ2n) is 7.80. The van der Waals surface area contributed by atoms with Crippen LogP contribution in [0.3, 0.4) is 0 Å². The van der Waals surface area contributed by atoms with E-state index < -0.39 is 0 Å². The van der Waals surface area contributed by atoms with Crippen molar-refractivity contribution in [2.75, 3.05) is 12.4 Å². The summed E-state index contributed by atoms with van der Waals surface area (Å²) in [5.74, 6) is 0.595. The Morgan fingerprint density at radius 3 is 2.66 bits per heavy atom. The number of nitrogens with one attached hydrogen (secondary N) is 2. The molecule has 3 aromatic rings. The van der Waals surface area contributed by atoms with Gasteiger partial charge in [0.05, 0.1) is 11.0 Å². The fraction of sp³-hybridized carbons (Fsp3) is 0.348. The number of hydrogen-bond acceptors (Lipinski definition) is 3. The van der Waals surface area contributed by atoms with Gasteiger partial charge < -0.3 is 15.2 Å². The van der Waals surface area contributed by atoms with E-state index >= 15 is 0 Å². The molecule has 4 rings (SSSR count). The van der Waals surface area contributed by atoms with Gasteiger partial charge in [-0.15, -0.1) is 0 Å². The molecule has 0 saturated heterocycles. The molecule has 1 aliphatic carbocycles. The lowest BCUT2D eigenvalue weighted by Gasteiger charge is -2.31. The third-order valence-corrected chi connectivity index (χ3v) is 5.67. The molecular formula is C23H26N4O2. The van der Waals surface area contributed by atoms with Crippen LogP contribution in [0.15, 0.2) is 42.5 Å².